The zero-order valence-electron chi connectivity index (χ0n) is 27.1. The second-order valence-corrected chi connectivity index (χ2v) is 11.9. The number of carboxylic acids is 1. The molecular weight excluding hydrogens is 594 g/mol. The number of nitrogens with one attached hydrogen (secondary N) is 4. The molecule has 0 bridgehead atoms. The van der Waals surface area contributed by atoms with E-state index >= 15 is 0 Å². The number of aromatic carboxylic acids is 1. The van der Waals surface area contributed by atoms with Gasteiger partial charge in [-0.1, -0.05) is 59.6 Å². The molecular formula is C33H47N5O8. The van der Waals surface area contributed by atoms with Gasteiger partial charge in [0.05, 0.1) is 29.7 Å². The Kier molecular flexibility index (Phi) is 15.1. The molecule has 0 spiro atoms. The second kappa shape index (κ2) is 18.4. The molecule has 6 N–H and O–H groups in total. The van der Waals surface area contributed by atoms with Gasteiger partial charge in [0.2, 0.25) is 17.7 Å². The summed E-state index contributed by atoms with van der Waals surface area (Å²) >= 11 is 0. The average Bonchev–Trinajstić information content (AvgIpc) is 3.01. The lowest BCUT2D eigenvalue weighted by atomic mass is 9.95. The molecule has 13 heteroatoms. The van der Waals surface area contributed by atoms with Crippen LogP contribution in [0.15, 0.2) is 48.8 Å². The van der Waals surface area contributed by atoms with Crippen LogP contribution in [0.3, 0.4) is 0 Å². The molecule has 0 aliphatic rings. The fraction of sp³-hybridized carbons (Fsp3) is 0.515. The number of carbonyl (C=O) groups excluding carboxylic acids is 4. The predicted molar refractivity (Wildman–Crippen MR) is 170 cm³/mol. The lowest BCUT2D eigenvalue weighted by Gasteiger charge is -2.29. The smallest absolute Gasteiger partial charge is 0.335 e. The van der Waals surface area contributed by atoms with E-state index in [0.29, 0.717) is 36.0 Å². The molecule has 1 aromatic carbocycles. The van der Waals surface area contributed by atoms with Crippen LogP contribution in [0.2, 0.25) is 0 Å². The van der Waals surface area contributed by atoms with E-state index in [2.05, 4.69) is 21.3 Å². The van der Waals surface area contributed by atoms with Gasteiger partial charge in [0.25, 0.3) is 5.91 Å². The van der Waals surface area contributed by atoms with E-state index in [1.165, 1.54) is 36.7 Å². The summed E-state index contributed by atoms with van der Waals surface area (Å²) in [6, 6.07) is 6.05. The molecule has 1 aromatic heterocycles. The van der Waals surface area contributed by atoms with Crippen LogP contribution in [0.1, 0.15) is 93.0 Å². The topological polar surface area (TPSA) is 201 Å². The van der Waals surface area contributed by atoms with Crippen molar-refractivity contribution in [3.8, 4) is 0 Å². The maximum atomic E-state index is 13.5. The van der Waals surface area contributed by atoms with E-state index < -0.39 is 53.8 Å². The minimum atomic E-state index is -1.22. The van der Waals surface area contributed by atoms with Crippen molar-refractivity contribution in [1.82, 2.24) is 21.3 Å². The second-order valence-electron chi connectivity index (χ2n) is 11.9. The molecule has 252 valence electrons. The van der Waals surface area contributed by atoms with Gasteiger partial charge in [-0.15, -0.1) is 0 Å². The van der Waals surface area contributed by atoms with Gasteiger partial charge in [-0.05, 0) is 42.4 Å². The molecule has 4 amide bonds. The first kappa shape index (κ1) is 37.7. The van der Waals surface area contributed by atoms with E-state index in [1.807, 2.05) is 27.7 Å². The number of nitrogens with zero attached hydrogens (tertiary/aromatic N) is 1. The molecule has 0 unspecified atom stereocenters. The van der Waals surface area contributed by atoms with Gasteiger partial charge in [-0.2, -0.15) is 4.73 Å². The highest BCUT2D eigenvalue weighted by molar-refractivity contribution is 5.98. The molecule has 0 fully saturated rings. The van der Waals surface area contributed by atoms with Gasteiger partial charge in [-0.25, -0.2) is 4.79 Å². The predicted octanol–water partition coefficient (Wildman–Crippen LogP) is 2.05. The Balaban J connectivity index is 2.08. The number of hydrogen-bond donors (Lipinski definition) is 6. The van der Waals surface area contributed by atoms with Crippen molar-refractivity contribution in [3.05, 3.63) is 70.7 Å². The molecule has 0 radical (unpaired) electrons. The molecule has 2 aromatic rings. The fourth-order valence-corrected chi connectivity index (χ4v) is 4.78. The van der Waals surface area contributed by atoms with Gasteiger partial charge in [0.15, 0.2) is 12.4 Å². The molecule has 2 rings (SSSR count). The SMILES string of the molecule is CCC[C@H](NC(=O)[C@@H](NC(=O)c1cc[n+]([O-])cc1)[C@@H](C)CC)C(=O)N[C@@H](CC(C)C)[C@@H](O)CC(=O)NCc1ccc(C(=O)O)cc1. The highest BCUT2D eigenvalue weighted by atomic mass is 16.5. The normalized spacial score (nSPS) is 14.3. The van der Waals surface area contributed by atoms with Crippen molar-refractivity contribution >= 4 is 29.6 Å². The highest BCUT2D eigenvalue weighted by Crippen LogP contribution is 2.14. The number of aliphatic hydroxyl groups is 1. The summed E-state index contributed by atoms with van der Waals surface area (Å²) in [5.41, 5.74) is 1.02. The van der Waals surface area contributed by atoms with Crippen LogP contribution in [0.25, 0.3) is 0 Å². The lowest BCUT2D eigenvalue weighted by molar-refractivity contribution is -0.605. The van der Waals surface area contributed by atoms with Crippen molar-refractivity contribution < 1.29 is 38.9 Å². The van der Waals surface area contributed by atoms with Gasteiger partial charge in [0.1, 0.15) is 12.1 Å². The Bertz CT molecular complexity index is 1320. The number of rotatable bonds is 18. The first-order valence-corrected chi connectivity index (χ1v) is 15.6. The number of aromatic nitrogens is 1. The van der Waals surface area contributed by atoms with Crippen LogP contribution in [0.4, 0.5) is 0 Å². The summed E-state index contributed by atoms with van der Waals surface area (Å²) in [5, 5.41) is 42.4. The maximum Gasteiger partial charge on any atom is 0.335 e. The standard InChI is InChI=1S/C33H47N5O8/c1-6-8-25(35-32(43)29(21(5)7-2)37-30(41)23-13-15-38(46)16-14-23)31(42)36-26(17-20(3)4)27(39)18-28(40)34-19-22-9-11-24(12-10-22)33(44)45/h9-16,20-21,25-27,29,39H,6-8,17-19H2,1-5H3,(H,34,40)(H,35,43)(H,36,42)(H,37,41)(H,44,45)/t21-,25-,26-,27-,29-/m0/s1. The van der Waals surface area contributed by atoms with Crippen molar-refractivity contribution in [1.29, 1.82) is 0 Å². The first-order valence-electron chi connectivity index (χ1n) is 15.6. The van der Waals surface area contributed by atoms with Crippen LogP contribution < -0.4 is 26.0 Å². The minimum Gasteiger partial charge on any atom is -0.619 e. The Morgan fingerprint density at radius 3 is 2.04 bits per heavy atom. The van der Waals surface area contributed by atoms with Crippen molar-refractivity contribution in [3.63, 3.8) is 0 Å². The summed E-state index contributed by atoms with van der Waals surface area (Å²) in [7, 11) is 0. The van der Waals surface area contributed by atoms with Crippen LogP contribution in [0, 0.1) is 17.0 Å². The molecule has 0 aliphatic carbocycles. The van der Waals surface area contributed by atoms with Crippen molar-refractivity contribution in [2.45, 2.75) is 97.5 Å². The molecule has 5 atom stereocenters. The number of carboxylic acid groups (broad SMARTS) is 1. The quantitative estimate of drug-likeness (QED) is 0.105. The Morgan fingerprint density at radius 2 is 1.50 bits per heavy atom. The largest absolute Gasteiger partial charge is 0.619 e. The molecule has 1 heterocycles. The zero-order valence-corrected chi connectivity index (χ0v) is 27.1. The van der Waals surface area contributed by atoms with Crippen molar-refractivity contribution in [2.24, 2.45) is 11.8 Å². The number of aliphatic hydroxyl groups excluding tert-OH is 1. The zero-order chi connectivity index (χ0) is 34.4. The van der Waals surface area contributed by atoms with Crippen molar-refractivity contribution in [2.75, 3.05) is 0 Å². The number of amides is 4. The van der Waals surface area contributed by atoms with E-state index in [4.69, 9.17) is 5.11 Å². The minimum absolute atomic E-state index is 0.0639. The molecule has 0 saturated heterocycles. The van der Waals surface area contributed by atoms with Gasteiger partial charge in [0, 0.05) is 18.7 Å². The summed E-state index contributed by atoms with van der Waals surface area (Å²) in [4.78, 5) is 63.5. The van der Waals surface area contributed by atoms with E-state index in [9.17, 15) is 34.3 Å². The van der Waals surface area contributed by atoms with Gasteiger partial charge in [-0.3, -0.25) is 19.2 Å². The Morgan fingerprint density at radius 1 is 0.870 bits per heavy atom. The summed E-state index contributed by atoms with van der Waals surface area (Å²) in [6.07, 6.45) is 2.65. The number of pyridine rings is 1. The Labute approximate surface area is 269 Å². The maximum absolute atomic E-state index is 13.5. The van der Waals surface area contributed by atoms with Crippen LogP contribution in [0.5, 0.6) is 0 Å². The van der Waals surface area contributed by atoms with Crippen LogP contribution in [-0.4, -0.2) is 64.0 Å². The number of benzene rings is 1. The summed E-state index contributed by atoms with van der Waals surface area (Å²) in [5.74, 6) is -3.30. The summed E-state index contributed by atoms with van der Waals surface area (Å²) in [6.45, 7) is 9.51. The molecule has 13 nitrogen and oxygen atoms in total. The highest BCUT2D eigenvalue weighted by Gasteiger charge is 2.32. The molecule has 46 heavy (non-hydrogen) atoms. The lowest BCUT2D eigenvalue weighted by Crippen LogP contribution is -2.57. The third-order valence-electron chi connectivity index (χ3n) is 7.66. The Hall–Kier alpha value is -4.52. The average molecular weight is 642 g/mol. The number of hydrogen-bond acceptors (Lipinski definition) is 7. The molecule has 0 saturated carbocycles. The van der Waals surface area contributed by atoms with Gasteiger partial charge >= 0.3 is 5.97 Å². The van der Waals surface area contributed by atoms with Crippen LogP contribution >= 0.6 is 0 Å². The molecule has 0 aliphatic heterocycles. The first-order chi connectivity index (χ1) is 21.7. The van der Waals surface area contributed by atoms with Gasteiger partial charge < -0.3 is 36.7 Å². The fourth-order valence-electron chi connectivity index (χ4n) is 4.78. The van der Waals surface area contributed by atoms with E-state index in [-0.39, 0.29) is 35.9 Å². The third-order valence-corrected chi connectivity index (χ3v) is 7.66. The van der Waals surface area contributed by atoms with E-state index in [0.717, 1.165) is 0 Å². The third kappa shape index (κ3) is 12.1. The van der Waals surface area contributed by atoms with Crippen LogP contribution in [-0.2, 0) is 20.9 Å². The monoisotopic (exact) mass is 641 g/mol. The van der Waals surface area contributed by atoms with E-state index in [1.54, 1.807) is 19.1 Å². The summed E-state index contributed by atoms with van der Waals surface area (Å²) < 4.78 is 0.545. The number of carbonyl (C=O) groups is 5.